The number of benzene rings is 2. The first kappa shape index (κ1) is 19.4. The number of Topliss-reactive ketones (excluding diaryl/α,β-unsaturated/α-hetero) is 1. The highest BCUT2D eigenvalue weighted by Crippen LogP contribution is 2.29. The zero-order valence-electron chi connectivity index (χ0n) is 15.7. The van der Waals surface area contributed by atoms with Crippen molar-refractivity contribution in [1.82, 2.24) is 4.90 Å². The molecule has 7 heteroatoms. The molecule has 1 fully saturated rings. The Morgan fingerprint density at radius 3 is 2.41 bits per heavy atom. The number of likely N-dealkylation sites (N-methyl/N-ethyl adjacent to an activating group) is 1. The molecule has 144 valence electrons. The van der Waals surface area contributed by atoms with E-state index in [1.54, 1.807) is 18.2 Å². The molecule has 1 heterocycles. The molecule has 1 aliphatic heterocycles. The fourth-order valence-corrected chi connectivity index (χ4v) is 4.35. The van der Waals surface area contributed by atoms with Gasteiger partial charge in [0.1, 0.15) is 0 Å². The van der Waals surface area contributed by atoms with Crippen LogP contribution in [-0.2, 0) is 10.0 Å². The standard InChI is InChI=1S/C20H25N3O3S/c1-3-22-11-13-23(14-12-22)20-10-5-4-9-19(20)21-27(25,26)18-8-6-7-17(15-18)16(2)24/h4-10,15,21H,3,11-14H2,1-2H3. The van der Waals surface area contributed by atoms with Crippen molar-refractivity contribution in [3.63, 3.8) is 0 Å². The minimum absolute atomic E-state index is 0.0841. The van der Waals surface area contributed by atoms with Crippen LogP contribution in [0.3, 0.4) is 0 Å². The number of hydrogen-bond donors (Lipinski definition) is 1. The Balaban J connectivity index is 1.85. The van der Waals surface area contributed by atoms with Crippen molar-refractivity contribution in [3.8, 4) is 0 Å². The predicted molar refractivity (Wildman–Crippen MR) is 108 cm³/mol. The van der Waals surface area contributed by atoms with Crippen molar-refractivity contribution < 1.29 is 13.2 Å². The molecule has 6 nitrogen and oxygen atoms in total. The molecule has 0 bridgehead atoms. The normalized spacial score (nSPS) is 15.6. The molecule has 27 heavy (non-hydrogen) atoms. The Morgan fingerprint density at radius 2 is 1.74 bits per heavy atom. The van der Waals surface area contributed by atoms with E-state index in [-0.39, 0.29) is 10.7 Å². The maximum Gasteiger partial charge on any atom is 0.261 e. The van der Waals surface area contributed by atoms with Crippen LogP contribution >= 0.6 is 0 Å². The lowest BCUT2D eigenvalue weighted by atomic mass is 10.2. The fraction of sp³-hybridized carbons (Fsp3) is 0.350. The van der Waals surface area contributed by atoms with Crippen LogP contribution in [0.1, 0.15) is 24.2 Å². The average Bonchev–Trinajstić information content (AvgIpc) is 2.68. The fourth-order valence-electron chi connectivity index (χ4n) is 3.23. The number of carbonyl (C=O) groups is 1. The second-order valence-corrected chi connectivity index (χ2v) is 8.31. The molecule has 1 N–H and O–H groups in total. The maximum atomic E-state index is 12.9. The molecule has 0 amide bonds. The third-order valence-corrected chi connectivity index (χ3v) is 6.22. The molecule has 0 saturated carbocycles. The number of hydrogen-bond acceptors (Lipinski definition) is 5. The van der Waals surface area contributed by atoms with Gasteiger partial charge in [-0.1, -0.05) is 31.2 Å². The molecule has 1 aliphatic rings. The van der Waals surface area contributed by atoms with Crippen LogP contribution in [0.2, 0.25) is 0 Å². The van der Waals surface area contributed by atoms with Gasteiger partial charge >= 0.3 is 0 Å². The van der Waals surface area contributed by atoms with Crippen LogP contribution in [-0.4, -0.2) is 51.8 Å². The van der Waals surface area contributed by atoms with E-state index < -0.39 is 10.0 Å². The lowest BCUT2D eigenvalue weighted by molar-refractivity contribution is 0.101. The Labute approximate surface area is 160 Å². The van der Waals surface area contributed by atoms with Gasteiger partial charge in [-0.2, -0.15) is 0 Å². The van der Waals surface area contributed by atoms with Crippen molar-refractivity contribution in [2.24, 2.45) is 0 Å². The van der Waals surface area contributed by atoms with Gasteiger partial charge in [0, 0.05) is 31.7 Å². The smallest absolute Gasteiger partial charge is 0.261 e. The molecule has 3 rings (SSSR count). The predicted octanol–water partition coefficient (Wildman–Crippen LogP) is 2.83. The summed E-state index contributed by atoms with van der Waals surface area (Å²) in [5, 5.41) is 0. The lowest BCUT2D eigenvalue weighted by Gasteiger charge is -2.36. The quantitative estimate of drug-likeness (QED) is 0.772. The summed E-state index contributed by atoms with van der Waals surface area (Å²) in [5.74, 6) is -0.166. The Hall–Kier alpha value is -2.38. The van der Waals surface area contributed by atoms with E-state index >= 15 is 0 Å². The van der Waals surface area contributed by atoms with Crippen LogP contribution in [0.4, 0.5) is 11.4 Å². The van der Waals surface area contributed by atoms with E-state index in [9.17, 15) is 13.2 Å². The number of carbonyl (C=O) groups excluding carboxylic acids is 1. The van der Waals surface area contributed by atoms with Gasteiger partial charge in [0.25, 0.3) is 10.0 Å². The summed E-state index contributed by atoms with van der Waals surface area (Å²) in [6, 6.07) is 13.5. The maximum absolute atomic E-state index is 12.9. The van der Waals surface area contributed by atoms with E-state index in [1.165, 1.54) is 19.1 Å². The molecule has 1 saturated heterocycles. The molecular weight excluding hydrogens is 362 g/mol. The van der Waals surface area contributed by atoms with Crippen molar-refractivity contribution >= 4 is 27.2 Å². The number of ketones is 1. The minimum Gasteiger partial charge on any atom is -0.367 e. The number of sulfonamides is 1. The average molecular weight is 388 g/mol. The van der Waals surface area contributed by atoms with Crippen molar-refractivity contribution in [3.05, 3.63) is 54.1 Å². The summed E-state index contributed by atoms with van der Waals surface area (Å²) >= 11 is 0. The SMILES string of the molecule is CCN1CCN(c2ccccc2NS(=O)(=O)c2cccc(C(C)=O)c2)CC1. The number of piperazine rings is 1. The van der Waals surface area contributed by atoms with E-state index in [0.29, 0.717) is 11.3 Å². The summed E-state index contributed by atoms with van der Waals surface area (Å²) in [4.78, 5) is 16.2. The van der Waals surface area contributed by atoms with Gasteiger partial charge in [0.05, 0.1) is 16.3 Å². The molecule has 0 radical (unpaired) electrons. The van der Waals surface area contributed by atoms with Gasteiger partial charge in [-0.15, -0.1) is 0 Å². The van der Waals surface area contributed by atoms with Gasteiger partial charge < -0.3 is 9.80 Å². The van der Waals surface area contributed by atoms with Gasteiger partial charge in [0.15, 0.2) is 5.78 Å². The first-order valence-electron chi connectivity index (χ1n) is 9.11. The van der Waals surface area contributed by atoms with Crippen molar-refractivity contribution in [1.29, 1.82) is 0 Å². The summed E-state index contributed by atoms with van der Waals surface area (Å²) < 4.78 is 28.4. The van der Waals surface area contributed by atoms with Crippen LogP contribution in [0.5, 0.6) is 0 Å². The minimum atomic E-state index is -3.79. The highest BCUT2D eigenvalue weighted by Gasteiger charge is 2.21. The number of para-hydroxylation sites is 2. The largest absolute Gasteiger partial charge is 0.367 e. The Kier molecular flexibility index (Phi) is 5.82. The second kappa shape index (κ2) is 8.10. The van der Waals surface area contributed by atoms with Gasteiger partial charge in [0.2, 0.25) is 0 Å². The molecule has 0 spiro atoms. The number of anilines is 2. The summed E-state index contributed by atoms with van der Waals surface area (Å²) in [5.41, 5.74) is 1.80. The molecule has 2 aromatic carbocycles. The van der Waals surface area contributed by atoms with Crippen molar-refractivity contribution in [2.45, 2.75) is 18.7 Å². The first-order chi connectivity index (χ1) is 12.9. The molecule has 0 aromatic heterocycles. The van der Waals surface area contributed by atoms with Gasteiger partial charge in [-0.05, 0) is 37.7 Å². The van der Waals surface area contributed by atoms with Crippen molar-refractivity contribution in [2.75, 3.05) is 42.3 Å². The Morgan fingerprint density at radius 1 is 1.04 bits per heavy atom. The third kappa shape index (κ3) is 4.48. The summed E-state index contributed by atoms with van der Waals surface area (Å²) in [6.45, 7) is 8.21. The van der Waals surface area contributed by atoms with Crippen LogP contribution in [0.15, 0.2) is 53.4 Å². The number of nitrogens with one attached hydrogen (secondary N) is 1. The van der Waals surface area contributed by atoms with E-state index in [0.717, 1.165) is 38.4 Å². The zero-order chi connectivity index (χ0) is 19.4. The van der Waals surface area contributed by atoms with Crippen LogP contribution in [0, 0.1) is 0 Å². The topological polar surface area (TPSA) is 69.7 Å². The monoisotopic (exact) mass is 387 g/mol. The first-order valence-corrected chi connectivity index (χ1v) is 10.6. The summed E-state index contributed by atoms with van der Waals surface area (Å²) in [7, 11) is -3.79. The van der Waals surface area contributed by atoms with E-state index in [4.69, 9.17) is 0 Å². The van der Waals surface area contributed by atoms with Gasteiger partial charge in [-0.3, -0.25) is 9.52 Å². The van der Waals surface area contributed by atoms with Crippen LogP contribution in [0.25, 0.3) is 0 Å². The highest BCUT2D eigenvalue weighted by atomic mass is 32.2. The number of rotatable bonds is 6. The van der Waals surface area contributed by atoms with Gasteiger partial charge in [-0.25, -0.2) is 8.42 Å². The van der Waals surface area contributed by atoms with E-state index in [2.05, 4.69) is 21.4 Å². The second-order valence-electron chi connectivity index (χ2n) is 6.63. The summed E-state index contributed by atoms with van der Waals surface area (Å²) in [6.07, 6.45) is 0. The molecule has 2 aromatic rings. The molecule has 0 unspecified atom stereocenters. The molecule has 0 aliphatic carbocycles. The lowest BCUT2D eigenvalue weighted by Crippen LogP contribution is -2.46. The Bertz CT molecular complexity index is 920. The zero-order valence-corrected chi connectivity index (χ0v) is 16.5. The van der Waals surface area contributed by atoms with E-state index in [1.807, 2.05) is 18.2 Å². The molecule has 0 atom stereocenters. The van der Waals surface area contributed by atoms with Crippen LogP contribution < -0.4 is 9.62 Å². The number of nitrogens with zero attached hydrogens (tertiary/aromatic N) is 2. The third-order valence-electron chi connectivity index (χ3n) is 4.86. The highest BCUT2D eigenvalue weighted by molar-refractivity contribution is 7.92. The molecular formula is C20H25N3O3S.